The van der Waals surface area contributed by atoms with Crippen molar-refractivity contribution in [1.82, 2.24) is 20.2 Å². The predicted octanol–water partition coefficient (Wildman–Crippen LogP) is 4.75. The van der Waals surface area contributed by atoms with Crippen molar-refractivity contribution in [3.05, 3.63) is 127 Å². The van der Waals surface area contributed by atoms with Crippen LogP contribution in [0.3, 0.4) is 0 Å². The minimum atomic E-state index is -4.05. The van der Waals surface area contributed by atoms with Crippen LogP contribution in [0.25, 0.3) is 21.5 Å². The molecule has 3 heterocycles. The molecule has 1 fully saturated rings. The number of piperazine rings is 1. The summed E-state index contributed by atoms with van der Waals surface area (Å²) in [6.45, 7) is 1.85. The van der Waals surface area contributed by atoms with E-state index in [1.807, 2.05) is 36.4 Å². The molecule has 54 heavy (non-hydrogen) atoms. The lowest BCUT2D eigenvalue weighted by atomic mass is 9.99. The van der Waals surface area contributed by atoms with E-state index < -0.39 is 37.3 Å². The van der Waals surface area contributed by atoms with Crippen molar-refractivity contribution in [2.24, 2.45) is 0 Å². The average molecular weight is 766 g/mol. The fourth-order valence-corrected chi connectivity index (χ4v) is 9.70. The number of carbonyl (C=O) groups is 1. The van der Waals surface area contributed by atoms with Crippen LogP contribution in [0.5, 0.6) is 11.5 Å². The van der Waals surface area contributed by atoms with Crippen LogP contribution in [0.2, 0.25) is 0 Å². The lowest BCUT2D eigenvalue weighted by Crippen LogP contribution is -2.55. The van der Waals surface area contributed by atoms with Crippen LogP contribution >= 0.6 is 0 Å². The van der Waals surface area contributed by atoms with E-state index in [9.17, 15) is 26.7 Å². The monoisotopic (exact) mass is 765 g/mol. The summed E-state index contributed by atoms with van der Waals surface area (Å²) < 4.78 is 60.8. The number of rotatable bonds is 12. The van der Waals surface area contributed by atoms with Gasteiger partial charge in [-0.05, 0) is 76.9 Å². The number of anilines is 1. The molecule has 1 saturated heterocycles. The van der Waals surface area contributed by atoms with Crippen LogP contribution in [0, 0.1) is 0 Å². The highest BCUT2D eigenvalue weighted by Gasteiger charge is 2.31. The van der Waals surface area contributed by atoms with Gasteiger partial charge in [0.2, 0.25) is 15.7 Å². The fourth-order valence-electron chi connectivity index (χ4n) is 6.84. The number of carbonyl (C=O) groups excluding carboxylic acids is 1. The van der Waals surface area contributed by atoms with E-state index in [4.69, 9.17) is 4.74 Å². The molecule has 2 N–H and O–H groups in total. The lowest BCUT2D eigenvalue weighted by Gasteiger charge is -2.38. The number of phenols is 1. The minimum Gasteiger partial charge on any atom is -0.508 e. The number of ether oxygens (including phenoxy) is 1. The molecule has 0 radical (unpaired) electrons. The first kappa shape index (κ1) is 36.8. The van der Waals surface area contributed by atoms with Crippen molar-refractivity contribution in [2.75, 3.05) is 44.1 Å². The summed E-state index contributed by atoms with van der Waals surface area (Å²) in [5.74, 6) is -0.836. The number of pyridine rings is 2. The summed E-state index contributed by atoms with van der Waals surface area (Å²) in [7, 11) is -6.48. The van der Waals surface area contributed by atoms with E-state index in [0.29, 0.717) is 53.3 Å². The smallest absolute Gasteiger partial charge is 0.240 e. The Balaban J connectivity index is 1.17. The second-order valence-electron chi connectivity index (χ2n) is 13.1. The van der Waals surface area contributed by atoms with Crippen LogP contribution in [0.4, 0.5) is 5.69 Å². The highest BCUT2D eigenvalue weighted by Crippen LogP contribution is 2.28. The number of aromatic hydroxyl groups is 1. The van der Waals surface area contributed by atoms with E-state index in [0.717, 1.165) is 11.4 Å². The van der Waals surface area contributed by atoms with E-state index in [1.165, 1.54) is 24.5 Å². The van der Waals surface area contributed by atoms with Gasteiger partial charge in [-0.2, -0.15) is 0 Å². The molecule has 1 aliphatic rings. The second kappa shape index (κ2) is 15.4. The van der Waals surface area contributed by atoms with E-state index in [-0.39, 0.29) is 33.7 Å². The first-order valence-electron chi connectivity index (χ1n) is 17.4. The average Bonchev–Trinajstić information content (AvgIpc) is 3.19. The van der Waals surface area contributed by atoms with Crippen molar-refractivity contribution in [2.45, 2.75) is 28.3 Å². The first-order valence-corrected chi connectivity index (χ1v) is 20.7. The molecule has 4 aromatic carbocycles. The van der Waals surface area contributed by atoms with Gasteiger partial charge in [0.15, 0.2) is 19.9 Å². The molecular formula is C40H39N5O7S2. The summed E-state index contributed by atoms with van der Waals surface area (Å²) in [6, 6.07) is 28.5. The summed E-state index contributed by atoms with van der Waals surface area (Å²) in [6.07, 6.45) is 2.83. The quantitative estimate of drug-likeness (QED) is 0.177. The molecule has 12 nitrogen and oxygen atoms in total. The normalized spacial score (nSPS) is 14.3. The SMILES string of the molecule is COc1ccc(N2CCN(C(=O)C(Cc3ccc(O)cc3CS(=O)(=O)c3nccc4ccccc34)NCS(=O)(=O)c3nccc4ccccc34)CC2)cc1. The topological polar surface area (TPSA) is 159 Å². The van der Waals surface area contributed by atoms with Gasteiger partial charge in [-0.3, -0.25) is 10.1 Å². The molecule has 0 bridgehead atoms. The highest BCUT2D eigenvalue weighted by molar-refractivity contribution is 7.91. The molecule has 14 heteroatoms. The number of nitrogens with zero attached hydrogens (tertiary/aromatic N) is 4. The zero-order valence-corrected chi connectivity index (χ0v) is 31.1. The number of fused-ring (bicyclic) bond motifs is 2. The van der Waals surface area contributed by atoms with Crippen molar-refractivity contribution < 1.29 is 31.5 Å². The van der Waals surface area contributed by atoms with Crippen molar-refractivity contribution in [1.29, 1.82) is 0 Å². The Morgan fingerprint density at radius 3 is 1.96 bits per heavy atom. The van der Waals surface area contributed by atoms with Gasteiger partial charge in [0.25, 0.3) is 0 Å². The van der Waals surface area contributed by atoms with Crippen LogP contribution in [0.15, 0.2) is 126 Å². The number of phenolic OH excluding ortho intramolecular Hbond substituents is 1. The Morgan fingerprint density at radius 2 is 1.35 bits per heavy atom. The summed E-state index contributed by atoms with van der Waals surface area (Å²) >= 11 is 0. The van der Waals surface area contributed by atoms with Crippen molar-refractivity contribution in [3.63, 3.8) is 0 Å². The predicted molar refractivity (Wildman–Crippen MR) is 207 cm³/mol. The minimum absolute atomic E-state index is 0.0515. The molecule has 278 valence electrons. The zero-order chi connectivity index (χ0) is 37.9. The van der Waals surface area contributed by atoms with Crippen LogP contribution < -0.4 is 15.0 Å². The molecule has 0 spiro atoms. The van der Waals surface area contributed by atoms with E-state index in [2.05, 4.69) is 20.2 Å². The number of nitrogens with one attached hydrogen (secondary N) is 1. The fraction of sp³-hybridized carbons (Fsp3) is 0.225. The third-order valence-corrected chi connectivity index (χ3v) is 12.7. The third kappa shape index (κ3) is 7.86. The van der Waals surface area contributed by atoms with Gasteiger partial charge in [-0.25, -0.2) is 26.8 Å². The molecule has 1 atom stereocenters. The van der Waals surface area contributed by atoms with Crippen LogP contribution in [-0.4, -0.2) is 87.9 Å². The molecule has 1 aliphatic heterocycles. The van der Waals surface area contributed by atoms with Gasteiger partial charge in [0.05, 0.1) is 18.9 Å². The molecule has 2 aromatic heterocycles. The van der Waals surface area contributed by atoms with Gasteiger partial charge in [-0.15, -0.1) is 0 Å². The Morgan fingerprint density at radius 1 is 0.759 bits per heavy atom. The van der Waals surface area contributed by atoms with Gasteiger partial charge in [-0.1, -0.05) is 54.6 Å². The number of aromatic nitrogens is 2. The Labute approximate surface area is 313 Å². The first-order chi connectivity index (χ1) is 26.0. The Bertz CT molecular complexity index is 2530. The largest absolute Gasteiger partial charge is 0.508 e. The number of hydrogen-bond acceptors (Lipinski definition) is 11. The molecule has 6 aromatic rings. The van der Waals surface area contributed by atoms with Gasteiger partial charge >= 0.3 is 0 Å². The maximum atomic E-state index is 14.4. The molecule has 0 aliphatic carbocycles. The van der Waals surface area contributed by atoms with Crippen molar-refractivity contribution in [3.8, 4) is 11.5 Å². The molecule has 7 rings (SSSR count). The summed E-state index contributed by atoms with van der Waals surface area (Å²) in [4.78, 5) is 26.6. The van der Waals surface area contributed by atoms with Crippen LogP contribution in [0.1, 0.15) is 11.1 Å². The number of amides is 1. The lowest BCUT2D eigenvalue weighted by molar-refractivity contribution is -0.133. The van der Waals surface area contributed by atoms with Crippen LogP contribution in [-0.2, 0) is 36.6 Å². The summed E-state index contributed by atoms with van der Waals surface area (Å²) in [5, 5.41) is 15.7. The zero-order valence-electron chi connectivity index (χ0n) is 29.5. The number of hydrogen-bond donors (Lipinski definition) is 2. The number of methoxy groups -OCH3 is 1. The van der Waals surface area contributed by atoms with E-state index >= 15 is 0 Å². The van der Waals surface area contributed by atoms with E-state index in [1.54, 1.807) is 66.6 Å². The number of benzene rings is 4. The second-order valence-corrected chi connectivity index (χ2v) is 16.9. The Hall–Kier alpha value is -5.57. The summed E-state index contributed by atoms with van der Waals surface area (Å²) in [5.41, 5.74) is 1.72. The molecule has 1 unspecified atom stereocenters. The maximum Gasteiger partial charge on any atom is 0.240 e. The molecular weight excluding hydrogens is 727 g/mol. The maximum absolute atomic E-state index is 14.4. The highest BCUT2D eigenvalue weighted by atomic mass is 32.2. The van der Waals surface area contributed by atoms with Crippen molar-refractivity contribution >= 4 is 52.8 Å². The van der Waals surface area contributed by atoms with Gasteiger partial charge < -0.3 is 19.6 Å². The van der Waals surface area contributed by atoms with Gasteiger partial charge in [0.1, 0.15) is 17.4 Å². The Kier molecular flexibility index (Phi) is 10.5. The standard InChI is InChI=1S/C40H39N5O7S2/c1-52-34-14-11-32(12-15-34)44-20-22-45(23-21-44)40(47)37(43-27-54(50,51)39-36-9-5-3-7-29(36)17-19-42-39)25-30-10-13-33(46)24-31(30)26-53(48,49)38-35-8-4-2-6-28(35)16-18-41-38/h2-19,24,37,43,46H,20-23,25-27H2,1H3. The molecule has 1 amide bonds. The van der Waals surface area contributed by atoms with Gasteiger partial charge in [0, 0.05) is 55.0 Å². The number of sulfone groups is 2. The third-order valence-electron chi connectivity index (χ3n) is 9.67. The molecule has 0 saturated carbocycles.